The maximum Gasteiger partial charge on any atom is 0.308 e. The first-order valence-corrected chi connectivity index (χ1v) is 12.7. The number of morpholine rings is 1. The van der Waals surface area contributed by atoms with E-state index >= 15 is 0 Å². The van der Waals surface area contributed by atoms with Crippen LogP contribution in [0, 0.1) is 0 Å². The number of carboxylic acid groups (broad SMARTS) is 1. The van der Waals surface area contributed by atoms with Crippen molar-refractivity contribution >= 4 is 35.3 Å². The number of benzene rings is 2. The van der Waals surface area contributed by atoms with Crippen LogP contribution < -0.4 is 15.1 Å². The molecule has 4 rings (SSSR count). The van der Waals surface area contributed by atoms with E-state index in [0.717, 1.165) is 16.7 Å². The van der Waals surface area contributed by atoms with Crippen LogP contribution in [0.15, 0.2) is 54.6 Å². The standard InChI is InChI=1S/C29H33N5O5/c1-33(2)28-24(18-27(37)38)29(34-13-15-39-16-14-34)32-25(31-28)17-20-7-10-23(11-8-20)30-26(36)12-9-21-5-3-4-6-22(21)19-35/h3-12,35H,13-19H2,1-2H3,(H,30,36)(H,37,38). The Kier molecular flexibility index (Phi) is 9.24. The Morgan fingerprint density at radius 2 is 1.79 bits per heavy atom. The summed E-state index contributed by atoms with van der Waals surface area (Å²) in [7, 11) is 3.68. The summed E-state index contributed by atoms with van der Waals surface area (Å²) in [5.41, 5.74) is 3.71. The van der Waals surface area contributed by atoms with Crippen LogP contribution in [-0.4, -0.2) is 72.5 Å². The van der Waals surface area contributed by atoms with Gasteiger partial charge in [-0.25, -0.2) is 9.97 Å². The second-order valence-electron chi connectivity index (χ2n) is 9.38. The van der Waals surface area contributed by atoms with E-state index in [-0.39, 0.29) is 18.9 Å². The first kappa shape index (κ1) is 27.7. The van der Waals surface area contributed by atoms with E-state index in [1.165, 1.54) is 6.08 Å². The summed E-state index contributed by atoms with van der Waals surface area (Å²) in [6.45, 7) is 2.27. The number of nitrogens with one attached hydrogen (secondary N) is 1. The number of aliphatic hydroxyl groups is 1. The van der Waals surface area contributed by atoms with Gasteiger partial charge in [0.05, 0.1) is 26.2 Å². The number of ether oxygens (including phenoxy) is 1. The lowest BCUT2D eigenvalue weighted by Crippen LogP contribution is -2.38. The Morgan fingerprint density at radius 1 is 1.08 bits per heavy atom. The summed E-state index contributed by atoms with van der Waals surface area (Å²) >= 11 is 0. The molecular weight excluding hydrogens is 498 g/mol. The minimum atomic E-state index is -0.936. The molecule has 0 unspecified atom stereocenters. The number of hydrogen-bond donors (Lipinski definition) is 3. The molecule has 1 aliphatic heterocycles. The third kappa shape index (κ3) is 7.40. The second-order valence-corrected chi connectivity index (χ2v) is 9.38. The van der Waals surface area contributed by atoms with Crippen LogP contribution in [0.25, 0.3) is 6.08 Å². The van der Waals surface area contributed by atoms with Crippen molar-refractivity contribution in [2.75, 3.05) is 55.5 Å². The van der Waals surface area contributed by atoms with Gasteiger partial charge in [0.15, 0.2) is 0 Å². The molecule has 1 fully saturated rings. The van der Waals surface area contributed by atoms with Gasteiger partial charge in [-0.05, 0) is 34.9 Å². The van der Waals surface area contributed by atoms with Crippen LogP contribution in [0.5, 0.6) is 0 Å². The molecule has 0 spiro atoms. The van der Waals surface area contributed by atoms with Crippen molar-refractivity contribution in [1.82, 2.24) is 9.97 Å². The SMILES string of the molecule is CN(C)c1nc(Cc2ccc(NC(=O)C=Cc3ccccc3CO)cc2)nc(N2CCOCC2)c1CC(=O)O. The molecule has 0 saturated carbocycles. The summed E-state index contributed by atoms with van der Waals surface area (Å²) in [4.78, 5) is 37.4. The first-order chi connectivity index (χ1) is 18.8. The van der Waals surface area contributed by atoms with Crippen LogP contribution in [0.4, 0.5) is 17.3 Å². The number of nitrogens with zero attached hydrogens (tertiary/aromatic N) is 4. The molecule has 3 aromatic rings. The van der Waals surface area contributed by atoms with E-state index in [2.05, 4.69) is 10.2 Å². The first-order valence-electron chi connectivity index (χ1n) is 12.7. The number of carbonyl (C=O) groups excluding carboxylic acids is 1. The lowest BCUT2D eigenvalue weighted by Gasteiger charge is -2.31. The van der Waals surface area contributed by atoms with Gasteiger partial charge in [0.1, 0.15) is 17.5 Å². The normalized spacial score (nSPS) is 13.5. The number of aliphatic carboxylic acids is 1. The number of carboxylic acids is 1. The molecule has 1 saturated heterocycles. The molecule has 0 bridgehead atoms. The fourth-order valence-corrected chi connectivity index (χ4v) is 4.38. The van der Waals surface area contributed by atoms with Gasteiger partial charge in [-0.15, -0.1) is 0 Å². The fraction of sp³-hybridized carbons (Fsp3) is 0.310. The summed E-state index contributed by atoms with van der Waals surface area (Å²) in [5.74, 6) is 0.583. The predicted molar refractivity (Wildman–Crippen MR) is 150 cm³/mol. The Labute approximate surface area is 227 Å². The molecule has 204 valence electrons. The average molecular weight is 532 g/mol. The van der Waals surface area contributed by atoms with E-state index < -0.39 is 5.97 Å². The number of hydrogen-bond acceptors (Lipinski definition) is 8. The number of carbonyl (C=O) groups is 2. The number of amides is 1. The van der Waals surface area contributed by atoms with Crippen molar-refractivity contribution in [3.8, 4) is 0 Å². The number of anilines is 3. The molecule has 2 aromatic carbocycles. The molecular formula is C29H33N5O5. The number of aromatic nitrogens is 2. The third-order valence-electron chi connectivity index (χ3n) is 6.30. The van der Waals surface area contributed by atoms with Crippen molar-refractivity contribution in [3.05, 3.63) is 82.7 Å². The number of rotatable bonds is 10. The van der Waals surface area contributed by atoms with Gasteiger partial charge < -0.3 is 30.1 Å². The van der Waals surface area contributed by atoms with Gasteiger partial charge >= 0.3 is 5.97 Å². The van der Waals surface area contributed by atoms with E-state index in [9.17, 15) is 19.8 Å². The van der Waals surface area contributed by atoms with Crippen LogP contribution in [0.2, 0.25) is 0 Å². The van der Waals surface area contributed by atoms with E-state index in [4.69, 9.17) is 14.7 Å². The van der Waals surface area contributed by atoms with Crippen molar-refractivity contribution < 1.29 is 24.5 Å². The van der Waals surface area contributed by atoms with E-state index in [1.54, 1.807) is 6.08 Å². The molecule has 1 aromatic heterocycles. The smallest absolute Gasteiger partial charge is 0.308 e. The van der Waals surface area contributed by atoms with Gasteiger partial charge in [0.25, 0.3) is 0 Å². The molecule has 2 heterocycles. The quantitative estimate of drug-likeness (QED) is 0.338. The molecule has 1 amide bonds. The molecule has 0 aliphatic carbocycles. The highest BCUT2D eigenvalue weighted by molar-refractivity contribution is 6.02. The Balaban J connectivity index is 1.50. The Morgan fingerprint density at radius 3 is 2.46 bits per heavy atom. The third-order valence-corrected chi connectivity index (χ3v) is 6.30. The molecule has 1 aliphatic rings. The zero-order valence-electron chi connectivity index (χ0n) is 22.1. The molecule has 10 heteroatoms. The van der Waals surface area contributed by atoms with E-state index in [0.29, 0.717) is 61.4 Å². The summed E-state index contributed by atoms with van der Waals surface area (Å²) < 4.78 is 5.48. The highest BCUT2D eigenvalue weighted by Crippen LogP contribution is 2.28. The fourth-order valence-electron chi connectivity index (χ4n) is 4.38. The lowest BCUT2D eigenvalue weighted by atomic mass is 10.1. The minimum absolute atomic E-state index is 0.0976. The largest absolute Gasteiger partial charge is 0.481 e. The van der Waals surface area contributed by atoms with Gasteiger partial charge in [-0.3, -0.25) is 9.59 Å². The van der Waals surface area contributed by atoms with Crippen molar-refractivity contribution in [2.45, 2.75) is 19.4 Å². The van der Waals surface area contributed by atoms with Crippen molar-refractivity contribution in [1.29, 1.82) is 0 Å². The maximum atomic E-state index is 12.4. The Hall–Kier alpha value is -4.28. The topological polar surface area (TPSA) is 128 Å². The maximum absolute atomic E-state index is 12.4. The molecule has 39 heavy (non-hydrogen) atoms. The summed E-state index contributed by atoms with van der Waals surface area (Å²) in [6.07, 6.45) is 3.38. The zero-order chi connectivity index (χ0) is 27.8. The van der Waals surface area contributed by atoms with Crippen LogP contribution in [0.3, 0.4) is 0 Å². The predicted octanol–water partition coefficient (Wildman–Crippen LogP) is 2.74. The van der Waals surface area contributed by atoms with Gasteiger partial charge in [-0.2, -0.15) is 0 Å². The van der Waals surface area contributed by atoms with Gasteiger partial charge in [-0.1, -0.05) is 36.4 Å². The molecule has 10 nitrogen and oxygen atoms in total. The lowest BCUT2D eigenvalue weighted by molar-refractivity contribution is -0.136. The monoisotopic (exact) mass is 531 g/mol. The van der Waals surface area contributed by atoms with Crippen LogP contribution >= 0.6 is 0 Å². The van der Waals surface area contributed by atoms with Crippen LogP contribution in [-0.2, 0) is 33.8 Å². The Bertz CT molecular complexity index is 1330. The van der Waals surface area contributed by atoms with Crippen LogP contribution in [0.1, 0.15) is 28.1 Å². The van der Waals surface area contributed by atoms with Gasteiger partial charge in [0.2, 0.25) is 5.91 Å². The molecule has 0 atom stereocenters. The van der Waals surface area contributed by atoms with Gasteiger partial charge in [0, 0.05) is 50.9 Å². The second kappa shape index (κ2) is 13.0. The minimum Gasteiger partial charge on any atom is -0.481 e. The molecule has 3 N–H and O–H groups in total. The summed E-state index contributed by atoms with van der Waals surface area (Å²) in [6, 6.07) is 14.8. The highest BCUT2D eigenvalue weighted by atomic mass is 16.5. The molecule has 0 radical (unpaired) electrons. The summed E-state index contributed by atoms with van der Waals surface area (Å²) in [5, 5.41) is 21.8. The zero-order valence-corrected chi connectivity index (χ0v) is 22.1. The van der Waals surface area contributed by atoms with Crippen molar-refractivity contribution in [3.63, 3.8) is 0 Å². The van der Waals surface area contributed by atoms with E-state index in [1.807, 2.05) is 67.5 Å². The number of aliphatic hydroxyl groups excluding tert-OH is 1. The van der Waals surface area contributed by atoms with Crippen molar-refractivity contribution in [2.24, 2.45) is 0 Å². The highest BCUT2D eigenvalue weighted by Gasteiger charge is 2.24. The average Bonchev–Trinajstić information content (AvgIpc) is 2.93.